The number of thiophene rings is 1. The van der Waals surface area contributed by atoms with Crippen LogP contribution in [0.5, 0.6) is 0 Å². The lowest BCUT2D eigenvalue weighted by atomic mass is 10.2. The zero-order chi connectivity index (χ0) is 16.1. The van der Waals surface area contributed by atoms with E-state index in [9.17, 15) is 9.59 Å². The van der Waals surface area contributed by atoms with Crippen molar-refractivity contribution in [2.75, 3.05) is 19.7 Å². The van der Waals surface area contributed by atoms with Crippen LogP contribution in [0, 0.1) is 0 Å². The Morgan fingerprint density at radius 1 is 1.35 bits per heavy atom. The molecule has 2 fully saturated rings. The topological polar surface area (TPSA) is 70.7 Å². The van der Waals surface area contributed by atoms with Crippen molar-refractivity contribution < 1.29 is 14.3 Å². The fraction of sp³-hybridized carbons (Fsp3) is 0.625. The van der Waals surface area contributed by atoms with Crippen molar-refractivity contribution in [3.8, 4) is 0 Å². The Labute approximate surface area is 140 Å². The maximum Gasteiger partial charge on any atom is 0.321 e. The van der Waals surface area contributed by atoms with Crippen molar-refractivity contribution in [2.45, 2.75) is 44.4 Å². The van der Waals surface area contributed by atoms with Crippen LogP contribution in [0.4, 0.5) is 4.79 Å². The van der Waals surface area contributed by atoms with Gasteiger partial charge in [-0.1, -0.05) is 6.07 Å². The molecule has 1 saturated heterocycles. The summed E-state index contributed by atoms with van der Waals surface area (Å²) in [5.74, 6) is -0.266. The van der Waals surface area contributed by atoms with Crippen LogP contribution in [-0.2, 0) is 16.1 Å². The summed E-state index contributed by atoms with van der Waals surface area (Å²) in [4.78, 5) is 27.0. The molecule has 1 saturated carbocycles. The van der Waals surface area contributed by atoms with Gasteiger partial charge in [0, 0.05) is 30.6 Å². The molecule has 2 N–H and O–H groups in total. The lowest BCUT2D eigenvalue weighted by molar-refractivity contribution is -0.121. The van der Waals surface area contributed by atoms with Crippen molar-refractivity contribution in [2.24, 2.45) is 0 Å². The number of urea groups is 1. The van der Waals surface area contributed by atoms with E-state index in [1.807, 2.05) is 11.4 Å². The lowest BCUT2D eigenvalue weighted by Crippen LogP contribution is -2.46. The summed E-state index contributed by atoms with van der Waals surface area (Å²) in [7, 11) is 0. The van der Waals surface area contributed by atoms with Gasteiger partial charge in [0.1, 0.15) is 0 Å². The first-order valence-electron chi connectivity index (χ1n) is 8.16. The average molecular weight is 337 g/mol. The molecule has 23 heavy (non-hydrogen) atoms. The van der Waals surface area contributed by atoms with Crippen LogP contribution in [0.3, 0.4) is 0 Å². The first kappa shape index (κ1) is 16.4. The molecule has 3 amide bonds. The van der Waals surface area contributed by atoms with Crippen LogP contribution in [0.15, 0.2) is 17.5 Å². The number of nitrogens with zero attached hydrogens (tertiary/aromatic N) is 1. The molecule has 0 spiro atoms. The monoisotopic (exact) mass is 337 g/mol. The molecule has 3 rings (SSSR count). The molecule has 7 heteroatoms. The van der Waals surface area contributed by atoms with Crippen molar-refractivity contribution in [1.82, 2.24) is 15.5 Å². The van der Waals surface area contributed by atoms with Gasteiger partial charge in [0.25, 0.3) is 0 Å². The Bertz CT molecular complexity index is 525. The zero-order valence-electron chi connectivity index (χ0n) is 13.1. The van der Waals surface area contributed by atoms with Crippen LogP contribution in [0.25, 0.3) is 0 Å². The minimum atomic E-state index is -0.384. The number of imide groups is 1. The van der Waals surface area contributed by atoms with E-state index in [2.05, 4.69) is 21.6 Å². The maximum atomic E-state index is 12.1. The smallest absolute Gasteiger partial charge is 0.321 e. The Morgan fingerprint density at radius 3 is 2.87 bits per heavy atom. The third-order valence-electron chi connectivity index (χ3n) is 3.98. The summed E-state index contributed by atoms with van der Waals surface area (Å²) < 4.78 is 5.68. The molecule has 6 nitrogen and oxygen atoms in total. The molecule has 1 atom stereocenters. The van der Waals surface area contributed by atoms with E-state index >= 15 is 0 Å². The second-order valence-corrected chi connectivity index (χ2v) is 7.21. The number of nitrogens with one attached hydrogen (secondary N) is 2. The van der Waals surface area contributed by atoms with Crippen molar-refractivity contribution in [1.29, 1.82) is 0 Å². The Balaban J connectivity index is 1.50. The van der Waals surface area contributed by atoms with Crippen LogP contribution in [0.1, 0.15) is 30.6 Å². The highest BCUT2D eigenvalue weighted by molar-refractivity contribution is 7.09. The van der Waals surface area contributed by atoms with E-state index in [0.29, 0.717) is 6.54 Å². The van der Waals surface area contributed by atoms with Gasteiger partial charge >= 0.3 is 6.03 Å². The molecule has 0 radical (unpaired) electrons. The molecule has 0 unspecified atom stereocenters. The molecular weight excluding hydrogens is 314 g/mol. The minimum Gasteiger partial charge on any atom is -0.377 e. The van der Waals surface area contributed by atoms with Crippen LogP contribution in [0.2, 0.25) is 0 Å². The van der Waals surface area contributed by atoms with Crippen LogP contribution >= 0.6 is 11.3 Å². The van der Waals surface area contributed by atoms with Crippen molar-refractivity contribution in [3.05, 3.63) is 22.4 Å². The molecule has 1 aliphatic carbocycles. The summed E-state index contributed by atoms with van der Waals surface area (Å²) >= 11 is 1.67. The number of hydrogen-bond donors (Lipinski definition) is 2. The Morgan fingerprint density at radius 2 is 2.22 bits per heavy atom. The molecule has 0 aromatic carbocycles. The quantitative estimate of drug-likeness (QED) is 0.795. The van der Waals surface area contributed by atoms with Gasteiger partial charge in [-0.2, -0.15) is 0 Å². The number of amides is 3. The molecule has 1 aliphatic heterocycles. The third kappa shape index (κ3) is 5.60. The van der Waals surface area contributed by atoms with E-state index in [0.717, 1.165) is 38.8 Å². The molecule has 2 aliphatic rings. The number of carbonyl (C=O) groups is 2. The maximum absolute atomic E-state index is 12.1. The zero-order valence-corrected chi connectivity index (χ0v) is 13.9. The highest BCUT2D eigenvalue weighted by Gasteiger charge is 2.25. The normalized spacial score (nSPS) is 20.7. The molecule has 1 aromatic heterocycles. The van der Waals surface area contributed by atoms with Gasteiger partial charge in [-0.05, 0) is 37.1 Å². The van der Waals surface area contributed by atoms with E-state index in [1.54, 1.807) is 11.3 Å². The van der Waals surface area contributed by atoms with E-state index in [1.165, 1.54) is 4.88 Å². The number of carbonyl (C=O) groups excluding carboxylic acids is 2. The van der Waals surface area contributed by atoms with Crippen LogP contribution in [-0.4, -0.2) is 48.7 Å². The first-order chi connectivity index (χ1) is 11.2. The minimum absolute atomic E-state index is 0.183. The summed E-state index contributed by atoms with van der Waals surface area (Å²) in [6.45, 7) is 2.42. The Kier molecular flexibility index (Phi) is 5.64. The second kappa shape index (κ2) is 7.90. The number of hydrogen-bond acceptors (Lipinski definition) is 5. The van der Waals surface area contributed by atoms with Gasteiger partial charge in [0.15, 0.2) is 0 Å². The van der Waals surface area contributed by atoms with E-state index in [4.69, 9.17) is 4.74 Å². The summed E-state index contributed by atoms with van der Waals surface area (Å²) in [6, 6.07) is 3.93. The molecular formula is C16H23N3O3S. The van der Waals surface area contributed by atoms with Crippen molar-refractivity contribution in [3.63, 3.8) is 0 Å². The summed E-state index contributed by atoms with van der Waals surface area (Å²) in [5.41, 5.74) is 0. The van der Waals surface area contributed by atoms with Gasteiger partial charge in [0.2, 0.25) is 5.91 Å². The Hall–Kier alpha value is -1.44. The van der Waals surface area contributed by atoms with E-state index < -0.39 is 0 Å². The highest BCUT2D eigenvalue weighted by atomic mass is 32.1. The number of rotatable bonds is 7. The molecule has 1 aromatic rings. The van der Waals surface area contributed by atoms with Gasteiger partial charge in [-0.3, -0.25) is 15.0 Å². The first-order valence-corrected chi connectivity index (χ1v) is 9.03. The predicted molar refractivity (Wildman–Crippen MR) is 88.3 cm³/mol. The SMILES string of the molecule is O=C(CN(Cc1cccs1)C[C@@H]1CCCO1)NC(=O)NC1CC1. The average Bonchev–Trinajstić information content (AvgIpc) is 2.97. The van der Waals surface area contributed by atoms with Crippen LogP contribution < -0.4 is 10.6 Å². The summed E-state index contributed by atoms with van der Waals surface area (Å²) in [6.07, 6.45) is 4.30. The van der Waals surface area contributed by atoms with Gasteiger partial charge < -0.3 is 10.1 Å². The van der Waals surface area contributed by atoms with Gasteiger partial charge in [-0.25, -0.2) is 4.79 Å². The lowest BCUT2D eigenvalue weighted by Gasteiger charge is -2.24. The van der Waals surface area contributed by atoms with Gasteiger partial charge in [-0.15, -0.1) is 11.3 Å². The highest BCUT2D eigenvalue weighted by Crippen LogP contribution is 2.18. The molecule has 2 heterocycles. The number of ether oxygens (including phenoxy) is 1. The van der Waals surface area contributed by atoms with Crippen molar-refractivity contribution >= 4 is 23.3 Å². The van der Waals surface area contributed by atoms with E-state index in [-0.39, 0.29) is 30.6 Å². The third-order valence-corrected chi connectivity index (χ3v) is 4.84. The standard InChI is InChI=1S/C16H23N3O3S/c20-15(18-16(21)17-12-5-6-12)11-19(9-13-3-1-7-22-13)10-14-4-2-8-23-14/h2,4,8,12-13H,1,3,5-7,9-11H2,(H2,17,18,20,21)/t13-/m0/s1. The fourth-order valence-electron chi connectivity index (χ4n) is 2.70. The molecule has 0 bridgehead atoms. The van der Waals surface area contributed by atoms with Gasteiger partial charge in [0.05, 0.1) is 12.6 Å². The fourth-order valence-corrected chi connectivity index (χ4v) is 3.45. The molecule has 126 valence electrons. The second-order valence-electron chi connectivity index (χ2n) is 6.18. The largest absolute Gasteiger partial charge is 0.377 e. The summed E-state index contributed by atoms with van der Waals surface area (Å²) in [5, 5.41) is 7.21. The predicted octanol–water partition coefficient (Wildman–Crippen LogP) is 1.72.